The Labute approximate surface area is 394 Å². The molecule has 5 fully saturated rings. The molecule has 5 rings (SSSR count). The van der Waals surface area contributed by atoms with Gasteiger partial charge in [-0.2, -0.15) is 0 Å². The van der Waals surface area contributed by atoms with Gasteiger partial charge in [0.05, 0.1) is 47.6 Å². The number of esters is 2. The van der Waals surface area contributed by atoms with E-state index >= 15 is 0 Å². The van der Waals surface area contributed by atoms with E-state index in [1.54, 1.807) is 21.0 Å². The number of ether oxygens (including phenoxy) is 11. The van der Waals surface area contributed by atoms with Gasteiger partial charge in [0.1, 0.15) is 23.9 Å². The molecule has 0 bridgehead atoms. The number of nitrogens with zero attached hydrogens (tertiary/aromatic N) is 2. The SMILES string of the molecule is CC[C@H]1OC(=O)[C@H](C)[C@@H](OC2C[C@@](C)(OC)[C@@H](OCCCOCCCN)[C@H](C)O2)[C@H](C)[C@@H](O[C@@H]2O[C@H](C)C[C@H](N(C)C)[C@H]2OC(C)=O)[C@](C)(O)C[C@@H](C)CN(C)[C@@H](C)[C@H]2O[C@@H](O)C23O[C@]13C. The molecule has 5 heterocycles. The Morgan fingerprint density at radius 2 is 1.64 bits per heavy atom. The molecule has 0 aromatic rings. The quantitative estimate of drug-likeness (QED) is 0.115. The number of aliphatic hydroxyl groups excluding tert-OH is 1. The first kappa shape index (κ1) is 55.3. The van der Waals surface area contributed by atoms with Crippen molar-refractivity contribution in [2.45, 2.75) is 217 Å². The summed E-state index contributed by atoms with van der Waals surface area (Å²) in [7, 11) is 7.45. The number of epoxide rings is 1. The van der Waals surface area contributed by atoms with Crippen molar-refractivity contribution in [1.29, 1.82) is 0 Å². The van der Waals surface area contributed by atoms with Crippen molar-refractivity contribution in [3.63, 3.8) is 0 Å². The van der Waals surface area contributed by atoms with E-state index in [1.807, 2.05) is 74.5 Å². The van der Waals surface area contributed by atoms with Crippen molar-refractivity contribution in [2.24, 2.45) is 23.5 Å². The van der Waals surface area contributed by atoms with E-state index in [4.69, 9.17) is 57.8 Å². The lowest BCUT2D eigenvalue weighted by atomic mass is 9.76. The molecule has 0 saturated carbocycles. The Morgan fingerprint density at radius 3 is 2.24 bits per heavy atom. The third kappa shape index (κ3) is 11.8. The number of hydrogen-bond acceptors (Lipinski definition) is 18. The van der Waals surface area contributed by atoms with E-state index in [-0.39, 0.29) is 36.9 Å². The van der Waals surface area contributed by atoms with Crippen LogP contribution in [0.25, 0.3) is 0 Å². The summed E-state index contributed by atoms with van der Waals surface area (Å²) in [5, 5.41) is 24.1. The molecule has 5 saturated heterocycles. The number of likely N-dealkylation sites (N-methyl/N-ethyl adjacent to an activating group) is 2. The van der Waals surface area contributed by atoms with Gasteiger partial charge in [-0.1, -0.05) is 20.8 Å². The summed E-state index contributed by atoms with van der Waals surface area (Å²) in [4.78, 5) is 31.6. The van der Waals surface area contributed by atoms with Gasteiger partial charge in [0, 0.05) is 58.8 Å². The normalized spacial score (nSPS) is 46.2. The summed E-state index contributed by atoms with van der Waals surface area (Å²) in [6.45, 7) is 23.1. The van der Waals surface area contributed by atoms with Crippen LogP contribution in [0.3, 0.4) is 0 Å². The molecule has 0 aromatic carbocycles. The first-order valence-corrected chi connectivity index (χ1v) is 24.5. The standard InChI is InChI=1S/C48H87N3O15/c1-16-35-47(11)48(66-47)40(65-44(48)54)31(6)51(14)26-27(2)24-45(9,55)39(64-43-38(61-33(8)52)34(50(12)13)23-28(3)59-43)29(4)37(30(5)42(53)62-35)63-36-25-46(10,56-15)41(32(7)60-36)58-22-18-21-57-20-17-19-49/h27-32,34-41,43-44,54-55H,16-26,49H2,1-15H3/t27-,28-,29+,30-,31+,32+,34+,35-,36?,37+,38-,39-,40-,41+,43+,44-,45-,46-,47-,48?/m1/s1. The third-order valence-electron chi connectivity index (χ3n) is 15.2. The summed E-state index contributed by atoms with van der Waals surface area (Å²) in [6.07, 6.45) is -5.64. The van der Waals surface area contributed by atoms with E-state index < -0.39 is 108 Å². The van der Waals surface area contributed by atoms with Crippen molar-refractivity contribution in [1.82, 2.24) is 9.80 Å². The molecule has 4 N–H and O–H groups in total. The number of cyclic esters (lactones) is 1. The molecule has 0 amide bonds. The lowest BCUT2D eigenvalue weighted by Gasteiger charge is -2.50. The summed E-state index contributed by atoms with van der Waals surface area (Å²) in [6, 6.07) is -0.472. The Kier molecular flexibility index (Phi) is 19.0. The minimum Gasteiger partial charge on any atom is -0.459 e. The zero-order chi connectivity index (χ0) is 49.1. The van der Waals surface area contributed by atoms with Crippen LogP contribution in [0.15, 0.2) is 0 Å². The molecular weight excluding hydrogens is 859 g/mol. The smallest absolute Gasteiger partial charge is 0.311 e. The average Bonchev–Trinajstić information content (AvgIpc) is 3.92. The van der Waals surface area contributed by atoms with Crippen LogP contribution in [0.2, 0.25) is 0 Å². The molecule has 5 aliphatic rings. The minimum absolute atomic E-state index is 0.111. The number of hydrogen-bond donors (Lipinski definition) is 3. The van der Waals surface area contributed by atoms with E-state index in [0.717, 1.165) is 6.42 Å². The fraction of sp³-hybridized carbons (Fsp3) is 0.958. The maximum atomic E-state index is 14.8. The monoisotopic (exact) mass is 946 g/mol. The lowest BCUT2D eigenvalue weighted by molar-refractivity contribution is -0.321. The number of rotatable bonds is 16. The highest BCUT2D eigenvalue weighted by Gasteiger charge is 2.85. The van der Waals surface area contributed by atoms with E-state index in [2.05, 4.69) is 11.8 Å². The first-order valence-electron chi connectivity index (χ1n) is 24.5. The predicted molar refractivity (Wildman–Crippen MR) is 243 cm³/mol. The second kappa shape index (κ2) is 22.6. The van der Waals surface area contributed by atoms with Gasteiger partial charge in [-0.3, -0.25) is 9.59 Å². The summed E-state index contributed by atoms with van der Waals surface area (Å²) in [5.41, 5.74) is 1.05. The molecular formula is C48H87N3O15. The molecule has 1 spiro atoms. The van der Waals surface area contributed by atoms with Gasteiger partial charge in [-0.15, -0.1) is 0 Å². The summed E-state index contributed by atoms with van der Waals surface area (Å²) < 4.78 is 70.4. The van der Waals surface area contributed by atoms with Crippen molar-refractivity contribution in [3.8, 4) is 0 Å². The van der Waals surface area contributed by atoms with E-state index in [1.165, 1.54) is 6.92 Å². The molecule has 18 nitrogen and oxygen atoms in total. The molecule has 66 heavy (non-hydrogen) atoms. The zero-order valence-corrected chi connectivity index (χ0v) is 42.7. The molecule has 0 radical (unpaired) electrons. The number of carbonyl (C=O) groups excluding carboxylic acids is 2. The molecule has 20 atom stereocenters. The highest BCUT2D eigenvalue weighted by atomic mass is 16.8. The lowest BCUT2D eigenvalue weighted by Crippen LogP contribution is -2.68. The maximum absolute atomic E-state index is 14.8. The molecule has 0 aliphatic carbocycles. The van der Waals surface area contributed by atoms with Gasteiger partial charge in [0.2, 0.25) is 0 Å². The Hall–Kier alpha value is -1.62. The van der Waals surface area contributed by atoms with Crippen LogP contribution in [0, 0.1) is 17.8 Å². The van der Waals surface area contributed by atoms with Gasteiger partial charge in [0.15, 0.2) is 30.6 Å². The molecule has 2 unspecified atom stereocenters. The van der Waals surface area contributed by atoms with Crippen LogP contribution in [-0.4, -0.2) is 195 Å². The zero-order valence-electron chi connectivity index (χ0n) is 42.7. The Balaban J connectivity index is 1.54. The van der Waals surface area contributed by atoms with Gasteiger partial charge in [-0.05, 0) is 114 Å². The highest BCUT2D eigenvalue weighted by Crippen LogP contribution is 2.63. The number of carbonyl (C=O) groups is 2. The van der Waals surface area contributed by atoms with Crippen LogP contribution in [-0.2, 0) is 61.7 Å². The second-order valence-corrected chi connectivity index (χ2v) is 20.9. The first-order chi connectivity index (χ1) is 30.9. The predicted octanol–water partition coefficient (Wildman–Crippen LogP) is 3.38. The Bertz CT molecular complexity index is 1580. The minimum atomic E-state index is -1.58. The van der Waals surface area contributed by atoms with Crippen LogP contribution in [0.1, 0.15) is 115 Å². The number of methoxy groups -OCH3 is 1. The van der Waals surface area contributed by atoms with Crippen LogP contribution in [0.5, 0.6) is 0 Å². The van der Waals surface area contributed by atoms with Crippen LogP contribution >= 0.6 is 0 Å². The second-order valence-electron chi connectivity index (χ2n) is 20.9. The fourth-order valence-corrected chi connectivity index (χ4v) is 11.4. The van der Waals surface area contributed by atoms with E-state index in [9.17, 15) is 19.8 Å². The summed E-state index contributed by atoms with van der Waals surface area (Å²) >= 11 is 0. The Morgan fingerprint density at radius 1 is 0.955 bits per heavy atom. The topological polar surface area (TPSA) is 212 Å². The molecule has 0 aromatic heterocycles. The maximum Gasteiger partial charge on any atom is 0.311 e. The average molecular weight is 946 g/mol. The number of aliphatic hydroxyl groups is 2. The number of nitrogens with two attached hydrogens (primary N) is 1. The fourth-order valence-electron chi connectivity index (χ4n) is 11.4. The molecule has 384 valence electrons. The van der Waals surface area contributed by atoms with Gasteiger partial charge in [-0.25, -0.2) is 0 Å². The van der Waals surface area contributed by atoms with E-state index in [0.29, 0.717) is 52.2 Å². The van der Waals surface area contributed by atoms with Gasteiger partial charge >= 0.3 is 11.9 Å². The highest BCUT2D eigenvalue weighted by molar-refractivity contribution is 5.73. The summed E-state index contributed by atoms with van der Waals surface area (Å²) in [5.74, 6) is -2.88. The van der Waals surface area contributed by atoms with Gasteiger partial charge in [0.25, 0.3) is 0 Å². The third-order valence-corrected chi connectivity index (χ3v) is 15.2. The molecule has 5 aliphatic heterocycles. The van der Waals surface area contributed by atoms with Crippen LogP contribution in [0.4, 0.5) is 0 Å². The van der Waals surface area contributed by atoms with Crippen molar-refractivity contribution >= 4 is 11.9 Å². The van der Waals surface area contributed by atoms with Crippen molar-refractivity contribution in [2.75, 3.05) is 61.2 Å². The van der Waals surface area contributed by atoms with Gasteiger partial charge < -0.3 is 77.9 Å². The largest absolute Gasteiger partial charge is 0.459 e. The molecule has 18 heteroatoms. The van der Waals surface area contributed by atoms with Crippen LogP contribution < -0.4 is 5.73 Å². The van der Waals surface area contributed by atoms with Crippen molar-refractivity contribution < 1.29 is 71.9 Å². The van der Waals surface area contributed by atoms with Crippen molar-refractivity contribution in [3.05, 3.63) is 0 Å².